The molecule has 1 N–H and O–H groups in total. The Morgan fingerprint density at radius 3 is 1.81 bits per heavy atom. The van der Waals surface area contributed by atoms with Gasteiger partial charge in [-0.25, -0.2) is 0 Å². The van der Waals surface area contributed by atoms with E-state index in [1.165, 1.54) is 21.0 Å². The molecular formula is C24H16N2O. The van der Waals surface area contributed by atoms with Gasteiger partial charge < -0.3 is 9.77 Å². The second-order valence-corrected chi connectivity index (χ2v) is 6.87. The van der Waals surface area contributed by atoms with Crippen LogP contribution in [0.3, 0.4) is 0 Å². The van der Waals surface area contributed by atoms with E-state index in [-0.39, 0.29) is 0 Å². The molecule has 2 heterocycles. The molecule has 3 heteroatoms. The lowest BCUT2D eigenvalue weighted by Crippen LogP contribution is -1.93. The van der Waals surface area contributed by atoms with E-state index >= 15 is 0 Å². The fourth-order valence-electron chi connectivity index (χ4n) is 4.35. The monoisotopic (exact) mass is 348 g/mol. The van der Waals surface area contributed by atoms with Gasteiger partial charge in [0.05, 0.1) is 22.1 Å². The zero-order valence-electron chi connectivity index (χ0n) is 14.5. The summed E-state index contributed by atoms with van der Waals surface area (Å²) in [5, 5.41) is 15.2. The number of benzene rings is 4. The summed E-state index contributed by atoms with van der Waals surface area (Å²) in [5.74, 6) is 0. The number of rotatable bonds is 1. The minimum absolute atomic E-state index is 0.830. The van der Waals surface area contributed by atoms with Crippen LogP contribution >= 0.6 is 0 Å². The lowest BCUT2D eigenvalue weighted by Gasteiger charge is -2.07. The van der Waals surface area contributed by atoms with Gasteiger partial charge in [-0.1, -0.05) is 54.6 Å². The van der Waals surface area contributed by atoms with Gasteiger partial charge in [0.1, 0.15) is 0 Å². The van der Waals surface area contributed by atoms with Crippen LogP contribution < -0.4 is 0 Å². The molecule has 0 bridgehead atoms. The maximum atomic E-state index is 10.7. The number of hydrogen-bond acceptors (Lipinski definition) is 1. The van der Waals surface area contributed by atoms with E-state index < -0.39 is 0 Å². The first-order valence-corrected chi connectivity index (χ1v) is 9.04. The molecule has 0 aliphatic rings. The third kappa shape index (κ3) is 1.80. The van der Waals surface area contributed by atoms with Gasteiger partial charge in [0.25, 0.3) is 0 Å². The summed E-state index contributed by atoms with van der Waals surface area (Å²) in [6.07, 6.45) is 0. The van der Waals surface area contributed by atoms with Crippen molar-refractivity contribution in [2.75, 3.05) is 0 Å². The van der Waals surface area contributed by atoms with Gasteiger partial charge in [0.15, 0.2) is 0 Å². The first kappa shape index (κ1) is 14.4. The Kier molecular flexibility index (Phi) is 2.75. The summed E-state index contributed by atoms with van der Waals surface area (Å²) in [6.45, 7) is 0. The van der Waals surface area contributed by atoms with Gasteiger partial charge in [0.2, 0.25) is 0 Å². The van der Waals surface area contributed by atoms with Crippen molar-refractivity contribution in [3.05, 3.63) is 91.0 Å². The number of hydrogen-bond donors (Lipinski definition) is 1. The van der Waals surface area contributed by atoms with E-state index in [0.717, 1.165) is 33.0 Å². The maximum Gasteiger partial charge on any atom is 0.0886 e. The van der Waals surface area contributed by atoms with Crippen LogP contribution in [0.4, 0.5) is 0 Å². The average Bonchev–Trinajstić information content (AvgIpc) is 3.22. The van der Waals surface area contributed by atoms with Crippen molar-refractivity contribution >= 4 is 43.6 Å². The van der Waals surface area contributed by atoms with Crippen molar-refractivity contribution in [1.29, 1.82) is 0 Å². The zero-order chi connectivity index (χ0) is 18.0. The number of aromatic nitrogens is 2. The molecule has 0 amide bonds. The normalized spacial score (nSPS) is 11.9. The van der Waals surface area contributed by atoms with Crippen molar-refractivity contribution in [2.45, 2.75) is 0 Å². The molecule has 0 saturated heterocycles. The van der Waals surface area contributed by atoms with Crippen molar-refractivity contribution < 1.29 is 5.21 Å². The predicted octanol–water partition coefficient (Wildman–Crippen LogP) is 6.13. The Hall–Kier alpha value is -3.72. The summed E-state index contributed by atoms with van der Waals surface area (Å²) in [5.41, 5.74) is 5.11. The van der Waals surface area contributed by atoms with E-state index in [0.29, 0.717) is 0 Å². The van der Waals surface area contributed by atoms with Gasteiger partial charge in [-0.05, 0) is 36.4 Å². The SMILES string of the molecule is On1c2ccccc2c2c3c4ccccc4n(-c4ccccc4)c3ccc21. The predicted molar refractivity (Wildman–Crippen MR) is 111 cm³/mol. The first-order chi connectivity index (χ1) is 13.3. The highest BCUT2D eigenvalue weighted by Crippen LogP contribution is 2.40. The second kappa shape index (κ2) is 5.15. The molecule has 0 atom stereocenters. The average molecular weight is 348 g/mol. The Morgan fingerprint density at radius 1 is 0.481 bits per heavy atom. The van der Waals surface area contributed by atoms with E-state index in [1.807, 2.05) is 30.3 Å². The summed E-state index contributed by atoms with van der Waals surface area (Å²) in [7, 11) is 0. The zero-order valence-corrected chi connectivity index (χ0v) is 14.5. The van der Waals surface area contributed by atoms with Crippen LogP contribution in [0.25, 0.3) is 49.3 Å². The molecular weight excluding hydrogens is 332 g/mol. The van der Waals surface area contributed by atoms with Crippen molar-refractivity contribution in [3.8, 4) is 5.69 Å². The Bertz CT molecular complexity index is 1470. The molecule has 0 aliphatic carbocycles. The van der Waals surface area contributed by atoms with Crippen LogP contribution in [0.1, 0.15) is 0 Å². The molecule has 0 radical (unpaired) electrons. The molecule has 6 aromatic rings. The summed E-state index contributed by atoms with van der Waals surface area (Å²) in [6, 6.07) is 31.0. The van der Waals surface area contributed by atoms with Crippen LogP contribution in [0.2, 0.25) is 0 Å². The topological polar surface area (TPSA) is 30.1 Å². The first-order valence-electron chi connectivity index (χ1n) is 9.04. The number of nitrogens with zero attached hydrogens (tertiary/aromatic N) is 2. The van der Waals surface area contributed by atoms with Gasteiger partial charge in [-0.15, -0.1) is 0 Å². The van der Waals surface area contributed by atoms with Crippen LogP contribution in [-0.2, 0) is 0 Å². The fourth-order valence-corrected chi connectivity index (χ4v) is 4.35. The van der Waals surface area contributed by atoms with E-state index in [2.05, 4.69) is 65.2 Å². The van der Waals surface area contributed by atoms with Crippen LogP contribution in [0, 0.1) is 0 Å². The number of para-hydroxylation sites is 3. The molecule has 0 aliphatic heterocycles. The van der Waals surface area contributed by atoms with Crippen LogP contribution in [0.15, 0.2) is 91.0 Å². The van der Waals surface area contributed by atoms with Gasteiger partial charge >= 0.3 is 0 Å². The van der Waals surface area contributed by atoms with Gasteiger partial charge in [-0.2, -0.15) is 4.73 Å². The van der Waals surface area contributed by atoms with E-state index in [9.17, 15) is 5.21 Å². The highest BCUT2D eigenvalue weighted by molar-refractivity contribution is 6.28. The lowest BCUT2D eigenvalue weighted by atomic mass is 10.1. The highest BCUT2D eigenvalue weighted by Gasteiger charge is 2.18. The van der Waals surface area contributed by atoms with E-state index in [4.69, 9.17) is 0 Å². The maximum absolute atomic E-state index is 10.7. The summed E-state index contributed by atoms with van der Waals surface area (Å²) < 4.78 is 3.60. The minimum Gasteiger partial charge on any atom is -0.428 e. The molecule has 4 aromatic carbocycles. The standard InChI is InChI=1S/C24H16N2O/c27-26-20-13-7-5-11-18(20)24-22(26)15-14-21-23(24)17-10-4-6-12-19(17)25(21)16-8-2-1-3-9-16/h1-15,27H. The van der Waals surface area contributed by atoms with E-state index in [1.54, 1.807) is 0 Å². The van der Waals surface area contributed by atoms with Crippen LogP contribution in [0.5, 0.6) is 0 Å². The number of fused-ring (bicyclic) bond motifs is 7. The summed E-state index contributed by atoms with van der Waals surface area (Å²) in [4.78, 5) is 0. The Balaban J connectivity index is 1.94. The van der Waals surface area contributed by atoms with Gasteiger partial charge in [0, 0.05) is 27.2 Å². The Labute approximate surface area is 155 Å². The molecule has 0 spiro atoms. The third-order valence-corrected chi connectivity index (χ3v) is 5.46. The Morgan fingerprint density at radius 2 is 1.04 bits per heavy atom. The minimum atomic E-state index is 0.830. The van der Waals surface area contributed by atoms with Crippen molar-refractivity contribution in [2.24, 2.45) is 0 Å². The largest absolute Gasteiger partial charge is 0.428 e. The molecule has 128 valence electrons. The van der Waals surface area contributed by atoms with Crippen LogP contribution in [-0.4, -0.2) is 14.5 Å². The molecule has 6 rings (SSSR count). The molecule has 0 saturated carbocycles. The molecule has 2 aromatic heterocycles. The highest BCUT2D eigenvalue weighted by atomic mass is 16.5. The fraction of sp³-hybridized carbons (Fsp3) is 0. The lowest BCUT2D eigenvalue weighted by molar-refractivity contribution is 0.213. The van der Waals surface area contributed by atoms with Crippen molar-refractivity contribution in [1.82, 2.24) is 9.30 Å². The third-order valence-electron chi connectivity index (χ3n) is 5.46. The molecule has 3 nitrogen and oxygen atoms in total. The van der Waals surface area contributed by atoms with Gasteiger partial charge in [-0.3, -0.25) is 0 Å². The quantitative estimate of drug-likeness (QED) is 0.356. The molecule has 27 heavy (non-hydrogen) atoms. The molecule has 0 fully saturated rings. The van der Waals surface area contributed by atoms with Crippen molar-refractivity contribution in [3.63, 3.8) is 0 Å². The molecule has 0 unspecified atom stereocenters. The smallest absolute Gasteiger partial charge is 0.0886 e. The summed E-state index contributed by atoms with van der Waals surface area (Å²) >= 11 is 0. The second-order valence-electron chi connectivity index (χ2n) is 6.87.